The summed E-state index contributed by atoms with van der Waals surface area (Å²) in [5.41, 5.74) is 0. The van der Waals surface area contributed by atoms with Gasteiger partial charge in [-0.2, -0.15) is 0 Å². The van der Waals surface area contributed by atoms with E-state index in [1.807, 2.05) is 0 Å². The van der Waals surface area contributed by atoms with Crippen LogP contribution in [0.4, 0.5) is 0 Å². The van der Waals surface area contributed by atoms with Crippen molar-refractivity contribution in [2.45, 2.75) is 24.4 Å². The van der Waals surface area contributed by atoms with Crippen LogP contribution in [0.15, 0.2) is 0 Å². The van der Waals surface area contributed by atoms with Crippen molar-refractivity contribution < 1.29 is 44.4 Å². The molecule has 9 nitrogen and oxygen atoms in total. The Hall–Kier alpha value is -0.0900. The Morgan fingerprint density at radius 3 is 1.81 bits per heavy atom. The molecule has 0 saturated heterocycles. The van der Waals surface area contributed by atoms with Crippen molar-refractivity contribution in [3.63, 3.8) is 0 Å². The Morgan fingerprint density at radius 1 is 1.00 bits per heavy atom. The minimum atomic E-state index is -4.95. The van der Waals surface area contributed by atoms with Crippen LogP contribution in [0.25, 0.3) is 0 Å². The molecule has 0 radical (unpaired) electrons. The Bertz CT molecular complexity index is 240. The van der Waals surface area contributed by atoms with Gasteiger partial charge in [-0.3, -0.25) is 4.52 Å². The molecule has 98 valence electrons. The predicted molar refractivity (Wildman–Crippen MR) is 49.1 cm³/mol. The molecule has 0 spiro atoms. The largest absolute Gasteiger partial charge is 0.470 e. The Balaban J connectivity index is 4.52. The molecule has 0 rings (SSSR count). The van der Waals surface area contributed by atoms with Gasteiger partial charge in [-0.25, -0.2) is 4.57 Å². The van der Waals surface area contributed by atoms with Crippen molar-refractivity contribution in [2.75, 3.05) is 13.2 Å². The molecule has 0 bridgehead atoms. The predicted octanol–water partition coefficient (Wildman–Crippen LogP) is -3.47. The van der Waals surface area contributed by atoms with Crippen molar-refractivity contribution in [3.8, 4) is 0 Å². The van der Waals surface area contributed by atoms with Crippen LogP contribution < -0.4 is 0 Å². The Morgan fingerprint density at radius 2 is 1.50 bits per heavy atom. The number of hydrogen-bond acceptors (Lipinski definition) is 7. The summed E-state index contributed by atoms with van der Waals surface area (Å²) in [6.07, 6.45) is -7.37. The average Bonchev–Trinajstić information content (AvgIpc) is 2.21. The van der Waals surface area contributed by atoms with Crippen LogP contribution in [-0.4, -0.2) is 72.9 Å². The van der Waals surface area contributed by atoms with E-state index in [1.165, 1.54) is 0 Å². The van der Waals surface area contributed by atoms with Crippen LogP contribution in [0.3, 0.4) is 0 Å². The molecule has 0 aromatic rings. The van der Waals surface area contributed by atoms with Crippen molar-refractivity contribution in [1.29, 1.82) is 0 Å². The summed E-state index contributed by atoms with van der Waals surface area (Å²) in [6.45, 7) is -1.85. The summed E-state index contributed by atoms with van der Waals surface area (Å²) in [7, 11) is -4.95. The van der Waals surface area contributed by atoms with Crippen molar-refractivity contribution in [2.24, 2.45) is 0 Å². The highest BCUT2D eigenvalue weighted by Gasteiger charge is 2.35. The van der Waals surface area contributed by atoms with Gasteiger partial charge in [0, 0.05) is 0 Å². The van der Waals surface area contributed by atoms with E-state index in [4.69, 9.17) is 25.1 Å². The van der Waals surface area contributed by atoms with Crippen LogP contribution >= 0.6 is 7.82 Å². The summed E-state index contributed by atoms with van der Waals surface area (Å²) in [4.78, 5) is 16.8. The minimum absolute atomic E-state index is 0.869. The van der Waals surface area contributed by atoms with E-state index in [0.717, 1.165) is 0 Å². The first-order valence-corrected chi connectivity index (χ1v) is 5.75. The third kappa shape index (κ3) is 5.30. The van der Waals surface area contributed by atoms with Crippen molar-refractivity contribution in [1.82, 2.24) is 0 Å². The molecule has 0 unspecified atom stereocenters. The molecule has 4 atom stereocenters. The lowest BCUT2D eigenvalue weighted by atomic mass is 10.0. The number of phosphoric acid groups is 1. The van der Waals surface area contributed by atoms with Gasteiger partial charge in [-0.1, -0.05) is 0 Å². The summed E-state index contributed by atoms with van der Waals surface area (Å²) in [5, 5.41) is 44.6. The third-order valence-corrected chi connectivity index (χ3v) is 2.31. The van der Waals surface area contributed by atoms with Crippen LogP contribution in [0.2, 0.25) is 0 Å². The summed E-state index contributed by atoms with van der Waals surface area (Å²) >= 11 is 0. The van der Waals surface area contributed by atoms with E-state index in [1.54, 1.807) is 0 Å². The van der Waals surface area contributed by atoms with Gasteiger partial charge >= 0.3 is 7.82 Å². The monoisotopic (exact) mass is 262 g/mol. The van der Waals surface area contributed by atoms with E-state index in [-0.39, 0.29) is 0 Å². The second-order valence-corrected chi connectivity index (χ2v) is 4.24. The van der Waals surface area contributed by atoms with Gasteiger partial charge in [0.1, 0.15) is 24.4 Å². The maximum Gasteiger partial charge on any atom is 0.470 e. The highest BCUT2D eigenvalue weighted by molar-refractivity contribution is 7.46. The van der Waals surface area contributed by atoms with Crippen molar-refractivity contribution in [3.05, 3.63) is 0 Å². The van der Waals surface area contributed by atoms with E-state index in [2.05, 4.69) is 4.52 Å². The molecule has 0 heterocycles. The molecule has 10 heteroatoms. The molecule has 0 aliphatic rings. The van der Waals surface area contributed by atoms with Gasteiger partial charge in [-0.15, -0.1) is 0 Å². The summed E-state index contributed by atoms with van der Waals surface area (Å²) in [6, 6.07) is 0. The highest BCUT2D eigenvalue weighted by atomic mass is 31.2. The van der Waals surface area contributed by atoms with Crippen LogP contribution in [0.1, 0.15) is 0 Å². The lowest BCUT2D eigenvalue weighted by Crippen LogP contribution is -2.47. The van der Waals surface area contributed by atoms with Gasteiger partial charge in [0.15, 0.2) is 0 Å². The van der Waals surface area contributed by atoms with E-state index >= 15 is 0 Å². The van der Waals surface area contributed by atoms with Gasteiger partial charge in [0.05, 0.1) is 13.2 Å². The summed E-state index contributed by atoms with van der Waals surface area (Å²) in [5.74, 6) is 0. The third-order valence-electron chi connectivity index (χ3n) is 1.76. The molecular weight excluding hydrogens is 247 g/mol. The Labute approximate surface area is 90.8 Å². The minimum Gasteiger partial charge on any atom is -0.394 e. The van der Waals surface area contributed by atoms with Gasteiger partial charge in [0.2, 0.25) is 0 Å². The highest BCUT2D eigenvalue weighted by Crippen LogP contribution is 2.38. The first-order chi connectivity index (χ1) is 7.22. The quantitative estimate of drug-likeness (QED) is 0.230. The molecule has 16 heavy (non-hydrogen) atoms. The van der Waals surface area contributed by atoms with Crippen LogP contribution in [0.5, 0.6) is 0 Å². The smallest absolute Gasteiger partial charge is 0.394 e. The lowest BCUT2D eigenvalue weighted by Gasteiger charge is -2.27. The standard InChI is InChI=1S/C6H15O9P/c7-1-3(9)5(10)6(11)4(2-8)15-16(12,13)14/h3-11H,1-2H2,(H2,12,13,14)/t3-,4-,5-,6-/m1/s1. The van der Waals surface area contributed by atoms with Crippen molar-refractivity contribution >= 4 is 7.82 Å². The number of hydrogen-bond donors (Lipinski definition) is 7. The van der Waals surface area contributed by atoms with Gasteiger partial charge in [-0.05, 0) is 0 Å². The fourth-order valence-corrected chi connectivity index (χ4v) is 1.48. The van der Waals surface area contributed by atoms with E-state index in [0.29, 0.717) is 0 Å². The van der Waals surface area contributed by atoms with Gasteiger partial charge < -0.3 is 35.3 Å². The molecule has 0 fully saturated rings. The zero-order valence-electron chi connectivity index (χ0n) is 8.12. The Kier molecular flexibility index (Phi) is 6.56. The number of aliphatic hydroxyl groups excluding tert-OH is 5. The maximum atomic E-state index is 10.4. The zero-order valence-corrected chi connectivity index (χ0v) is 9.01. The maximum absolute atomic E-state index is 10.4. The first-order valence-electron chi connectivity index (χ1n) is 4.22. The number of rotatable bonds is 7. The number of phosphoric ester groups is 1. The topological polar surface area (TPSA) is 168 Å². The lowest BCUT2D eigenvalue weighted by molar-refractivity contribution is -0.120. The first kappa shape index (κ1) is 15.9. The molecular formula is C6H15O9P. The molecule has 0 aromatic carbocycles. The second kappa shape index (κ2) is 6.60. The van der Waals surface area contributed by atoms with Gasteiger partial charge in [0.25, 0.3) is 0 Å². The molecule has 0 aromatic heterocycles. The number of aliphatic hydroxyl groups is 5. The normalized spacial score (nSPS) is 20.2. The van der Waals surface area contributed by atoms with Crippen LogP contribution in [-0.2, 0) is 9.09 Å². The van der Waals surface area contributed by atoms with Crippen LogP contribution in [0, 0.1) is 0 Å². The summed E-state index contributed by atoms with van der Waals surface area (Å²) < 4.78 is 14.4. The molecule has 0 aliphatic carbocycles. The zero-order chi connectivity index (χ0) is 12.9. The van der Waals surface area contributed by atoms with E-state index in [9.17, 15) is 14.8 Å². The fourth-order valence-electron chi connectivity index (χ4n) is 0.936. The van der Waals surface area contributed by atoms with E-state index < -0.39 is 45.5 Å². The molecule has 0 saturated carbocycles. The SMILES string of the molecule is O=P(O)(O)O[C@H](CO)[C@@H](O)[C@H](O)[C@H](O)CO. The molecule has 0 amide bonds. The molecule has 0 aliphatic heterocycles. The fraction of sp³-hybridized carbons (Fsp3) is 1.00. The molecule has 7 N–H and O–H groups in total. The second-order valence-electron chi connectivity index (χ2n) is 3.05. The average molecular weight is 262 g/mol.